The average molecular weight is 387 g/mol. The summed E-state index contributed by atoms with van der Waals surface area (Å²) in [5.41, 5.74) is 0.382. The molecule has 9 heteroatoms. The van der Waals surface area contributed by atoms with Crippen molar-refractivity contribution < 1.29 is 13.3 Å². The van der Waals surface area contributed by atoms with Crippen LogP contribution in [0.1, 0.15) is 0 Å². The maximum Gasteiger partial charge on any atom is 0.269 e. The van der Waals surface area contributed by atoms with E-state index in [2.05, 4.69) is 9.71 Å². The van der Waals surface area contributed by atoms with Crippen LogP contribution >= 0.6 is 11.8 Å². The first kappa shape index (κ1) is 17.9. The van der Waals surface area contributed by atoms with Crippen molar-refractivity contribution in [3.63, 3.8) is 0 Å². The lowest BCUT2D eigenvalue weighted by atomic mass is 10.3. The lowest BCUT2D eigenvalue weighted by Crippen LogP contribution is -2.13. The van der Waals surface area contributed by atoms with E-state index >= 15 is 0 Å². The maximum absolute atomic E-state index is 12.5. The van der Waals surface area contributed by atoms with Gasteiger partial charge in [0, 0.05) is 28.1 Å². The smallest absolute Gasteiger partial charge is 0.269 e. The van der Waals surface area contributed by atoms with Crippen LogP contribution in [-0.2, 0) is 10.0 Å². The molecule has 0 fully saturated rings. The Morgan fingerprint density at radius 2 is 1.77 bits per heavy atom. The van der Waals surface area contributed by atoms with E-state index in [1.54, 1.807) is 48.7 Å². The molecule has 0 amide bonds. The second-order valence-electron chi connectivity index (χ2n) is 5.18. The molecule has 0 aliphatic heterocycles. The zero-order chi connectivity index (χ0) is 18.6. The molecule has 0 atom stereocenters. The van der Waals surface area contributed by atoms with Crippen molar-refractivity contribution in [1.82, 2.24) is 4.98 Å². The number of non-ortho nitro benzene ring substituents is 1. The molecule has 1 heterocycles. The highest BCUT2D eigenvalue weighted by Gasteiger charge is 2.15. The Hall–Kier alpha value is -2.91. The summed E-state index contributed by atoms with van der Waals surface area (Å²) in [6.45, 7) is 0. The van der Waals surface area contributed by atoms with Gasteiger partial charge in [0.15, 0.2) is 0 Å². The molecule has 0 aliphatic rings. The topological polar surface area (TPSA) is 102 Å². The van der Waals surface area contributed by atoms with Crippen molar-refractivity contribution in [2.75, 3.05) is 4.72 Å². The molecule has 132 valence electrons. The van der Waals surface area contributed by atoms with Crippen molar-refractivity contribution in [3.05, 3.63) is 83.2 Å². The molecular formula is C17H13N3O4S2. The minimum Gasteiger partial charge on any atom is -0.278 e. The van der Waals surface area contributed by atoms with Crippen LogP contribution in [0.3, 0.4) is 0 Å². The molecule has 7 nitrogen and oxygen atoms in total. The van der Waals surface area contributed by atoms with Crippen molar-refractivity contribution in [2.24, 2.45) is 0 Å². The highest BCUT2D eigenvalue weighted by Crippen LogP contribution is 2.30. The number of sulfonamides is 1. The molecule has 0 bridgehead atoms. The summed E-state index contributed by atoms with van der Waals surface area (Å²) >= 11 is 1.32. The number of nitro benzene ring substituents is 1. The molecule has 0 spiro atoms. The third-order valence-corrected chi connectivity index (χ3v) is 5.69. The quantitative estimate of drug-likeness (QED) is 0.508. The number of nitro groups is 1. The number of benzene rings is 2. The van der Waals surface area contributed by atoms with Gasteiger partial charge in [-0.05, 0) is 42.5 Å². The van der Waals surface area contributed by atoms with E-state index in [1.807, 2.05) is 0 Å². The van der Waals surface area contributed by atoms with Gasteiger partial charge in [0.05, 0.1) is 21.7 Å². The lowest BCUT2D eigenvalue weighted by Gasteiger charge is -2.09. The molecule has 0 aliphatic carbocycles. The predicted octanol–water partition coefficient (Wildman–Crippen LogP) is 3.94. The summed E-state index contributed by atoms with van der Waals surface area (Å²) in [6.07, 6.45) is 2.98. The standard InChI is InChI=1S/C17H13N3O4S2/c21-20(22)14-6-8-15(9-7-14)25-16-4-1-5-17(11-16)26(23,24)19-13-3-2-10-18-12-13/h1-12,19H. The first-order valence-corrected chi connectivity index (χ1v) is 9.69. The number of aromatic nitrogens is 1. The SMILES string of the molecule is O=[N+]([O-])c1ccc(Sc2cccc(S(=O)(=O)Nc3cccnc3)c2)cc1. The van der Waals surface area contributed by atoms with Crippen LogP contribution in [0.15, 0.2) is 87.7 Å². The number of nitrogens with one attached hydrogen (secondary N) is 1. The van der Waals surface area contributed by atoms with Crippen LogP contribution < -0.4 is 4.72 Å². The van der Waals surface area contributed by atoms with Crippen LogP contribution in [0.5, 0.6) is 0 Å². The van der Waals surface area contributed by atoms with Gasteiger partial charge in [-0.25, -0.2) is 8.42 Å². The summed E-state index contributed by atoms with van der Waals surface area (Å²) < 4.78 is 27.5. The number of rotatable bonds is 6. The van der Waals surface area contributed by atoms with Gasteiger partial charge in [-0.1, -0.05) is 17.8 Å². The number of hydrogen-bond donors (Lipinski definition) is 1. The number of hydrogen-bond acceptors (Lipinski definition) is 6. The van der Waals surface area contributed by atoms with E-state index in [0.29, 0.717) is 10.6 Å². The zero-order valence-electron chi connectivity index (χ0n) is 13.3. The molecule has 2 aromatic carbocycles. The molecule has 26 heavy (non-hydrogen) atoms. The van der Waals surface area contributed by atoms with Crippen LogP contribution in [-0.4, -0.2) is 18.3 Å². The van der Waals surface area contributed by atoms with Gasteiger partial charge in [-0.2, -0.15) is 0 Å². The Kier molecular flexibility index (Phi) is 5.19. The summed E-state index contributed by atoms with van der Waals surface area (Å²) in [7, 11) is -3.74. The first-order valence-electron chi connectivity index (χ1n) is 7.39. The Labute approximate surface area is 154 Å². The van der Waals surface area contributed by atoms with E-state index in [4.69, 9.17) is 0 Å². The second-order valence-corrected chi connectivity index (χ2v) is 8.00. The highest BCUT2D eigenvalue weighted by molar-refractivity contribution is 7.99. The Morgan fingerprint density at radius 1 is 1.00 bits per heavy atom. The largest absolute Gasteiger partial charge is 0.278 e. The highest BCUT2D eigenvalue weighted by atomic mass is 32.2. The molecule has 0 radical (unpaired) electrons. The van der Waals surface area contributed by atoms with E-state index in [0.717, 1.165) is 4.90 Å². The van der Waals surface area contributed by atoms with E-state index in [9.17, 15) is 18.5 Å². The number of nitrogens with zero attached hydrogens (tertiary/aromatic N) is 2. The Morgan fingerprint density at radius 3 is 2.42 bits per heavy atom. The number of anilines is 1. The van der Waals surface area contributed by atoms with Gasteiger partial charge in [0.2, 0.25) is 0 Å². The van der Waals surface area contributed by atoms with Gasteiger partial charge < -0.3 is 0 Å². The fourth-order valence-electron chi connectivity index (χ4n) is 2.11. The third-order valence-electron chi connectivity index (χ3n) is 3.31. The van der Waals surface area contributed by atoms with E-state index in [-0.39, 0.29) is 10.6 Å². The molecule has 3 rings (SSSR count). The van der Waals surface area contributed by atoms with Gasteiger partial charge in [0.1, 0.15) is 0 Å². The van der Waals surface area contributed by atoms with E-state index in [1.165, 1.54) is 36.2 Å². The van der Waals surface area contributed by atoms with Crippen LogP contribution in [0.25, 0.3) is 0 Å². The molecule has 1 aromatic heterocycles. The van der Waals surface area contributed by atoms with Gasteiger partial charge >= 0.3 is 0 Å². The molecule has 0 unspecified atom stereocenters. The molecule has 3 aromatic rings. The lowest BCUT2D eigenvalue weighted by molar-refractivity contribution is -0.384. The number of pyridine rings is 1. The second kappa shape index (κ2) is 7.54. The monoisotopic (exact) mass is 387 g/mol. The molecular weight excluding hydrogens is 374 g/mol. The van der Waals surface area contributed by atoms with Gasteiger partial charge in [-0.3, -0.25) is 19.8 Å². The average Bonchev–Trinajstić information content (AvgIpc) is 2.63. The van der Waals surface area contributed by atoms with Gasteiger partial charge in [0.25, 0.3) is 15.7 Å². The van der Waals surface area contributed by atoms with Crippen LogP contribution in [0, 0.1) is 10.1 Å². The Bertz CT molecular complexity index is 1020. The minimum absolute atomic E-state index is 0.00588. The molecule has 0 saturated heterocycles. The van der Waals surface area contributed by atoms with Crippen molar-refractivity contribution in [2.45, 2.75) is 14.7 Å². The third kappa shape index (κ3) is 4.38. The van der Waals surface area contributed by atoms with Crippen molar-refractivity contribution in [1.29, 1.82) is 0 Å². The van der Waals surface area contributed by atoms with Crippen molar-refractivity contribution >= 4 is 33.2 Å². The Balaban J connectivity index is 1.80. The first-order chi connectivity index (χ1) is 12.4. The normalized spacial score (nSPS) is 11.1. The molecule has 1 N–H and O–H groups in total. The summed E-state index contributed by atoms with van der Waals surface area (Å²) in [4.78, 5) is 15.7. The van der Waals surface area contributed by atoms with Gasteiger partial charge in [-0.15, -0.1) is 0 Å². The molecule has 0 saturated carbocycles. The van der Waals surface area contributed by atoms with Crippen molar-refractivity contribution in [3.8, 4) is 0 Å². The van der Waals surface area contributed by atoms with E-state index < -0.39 is 14.9 Å². The summed E-state index contributed by atoms with van der Waals surface area (Å²) in [5, 5.41) is 10.7. The fourth-order valence-corrected chi connectivity index (χ4v) is 4.15. The predicted molar refractivity (Wildman–Crippen MR) is 98.7 cm³/mol. The maximum atomic E-state index is 12.5. The zero-order valence-corrected chi connectivity index (χ0v) is 14.9. The fraction of sp³-hybridized carbons (Fsp3) is 0. The minimum atomic E-state index is -3.74. The van der Waals surface area contributed by atoms with Crippen LogP contribution in [0.4, 0.5) is 11.4 Å². The summed E-state index contributed by atoms with van der Waals surface area (Å²) in [5.74, 6) is 0. The van der Waals surface area contributed by atoms with Crippen LogP contribution in [0.2, 0.25) is 0 Å². The summed E-state index contributed by atoms with van der Waals surface area (Å²) in [6, 6.07) is 15.8.